The number of hydrazine groups is 1. The average molecular weight is 248 g/mol. The largest absolute Gasteiger partial charge is 0.469 e. The van der Waals surface area contributed by atoms with Gasteiger partial charge in [-0.25, -0.2) is 10.9 Å². The highest BCUT2D eigenvalue weighted by atomic mass is 35.5. The van der Waals surface area contributed by atoms with Crippen LogP contribution in [0.1, 0.15) is 5.56 Å². The summed E-state index contributed by atoms with van der Waals surface area (Å²) < 4.78 is 5.59. The first-order valence-electron chi connectivity index (χ1n) is 4.45. The molecule has 1 fully saturated rings. The molecule has 0 amide bonds. The minimum absolute atomic E-state index is 0.252. The summed E-state index contributed by atoms with van der Waals surface area (Å²) in [4.78, 5) is 0. The van der Waals surface area contributed by atoms with Crippen LogP contribution in [0, 0.1) is 6.92 Å². The van der Waals surface area contributed by atoms with Crippen LogP contribution < -0.4 is 21.3 Å². The van der Waals surface area contributed by atoms with Crippen molar-refractivity contribution in [3.8, 4) is 5.75 Å². The molecule has 1 aromatic rings. The molecule has 0 spiro atoms. The van der Waals surface area contributed by atoms with Crippen LogP contribution in [0.3, 0.4) is 0 Å². The Bertz CT molecular complexity index is 363. The maximum absolute atomic E-state index is 6.01. The second kappa shape index (κ2) is 4.06. The van der Waals surface area contributed by atoms with Gasteiger partial charge in [0, 0.05) is 5.69 Å². The third-order valence-electron chi connectivity index (χ3n) is 2.13. The van der Waals surface area contributed by atoms with E-state index in [0.29, 0.717) is 16.5 Å². The maximum Gasteiger partial charge on any atom is 0.193 e. The zero-order valence-corrected chi connectivity index (χ0v) is 9.56. The van der Waals surface area contributed by atoms with E-state index >= 15 is 0 Å². The molecule has 15 heavy (non-hydrogen) atoms. The minimum atomic E-state index is -0.272. The van der Waals surface area contributed by atoms with E-state index in [-0.39, 0.29) is 11.7 Å². The van der Waals surface area contributed by atoms with Crippen molar-refractivity contribution in [1.29, 1.82) is 0 Å². The lowest BCUT2D eigenvalue weighted by molar-refractivity contribution is 0.0532. The fourth-order valence-electron chi connectivity index (χ4n) is 1.34. The first-order chi connectivity index (χ1) is 7.08. The second-order valence-electron chi connectivity index (χ2n) is 3.38. The van der Waals surface area contributed by atoms with Crippen LogP contribution in [-0.4, -0.2) is 11.7 Å². The number of halogens is 2. The fraction of sp³-hybridized carbons (Fsp3) is 0.333. The molecule has 1 aromatic carbocycles. The molecule has 0 radical (unpaired) electrons. The van der Waals surface area contributed by atoms with Crippen molar-refractivity contribution in [3.05, 3.63) is 22.7 Å². The predicted octanol–water partition coefficient (Wildman–Crippen LogP) is 1.61. The molecule has 0 aliphatic carbocycles. The van der Waals surface area contributed by atoms with Gasteiger partial charge < -0.3 is 10.5 Å². The number of hydrogen-bond acceptors (Lipinski definition) is 4. The molecule has 0 saturated carbocycles. The van der Waals surface area contributed by atoms with Gasteiger partial charge in [-0.3, -0.25) is 0 Å². The normalized spacial score (nSPS) is 24.7. The summed E-state index contributed by atoms with van der Waals surface area (Å²) >= 11 is 11.8. The van der Waals surface area contributed by atoms with Crippen molar-refractivity contribution in [1.82, 2.24) is 10.9 Å². The second-order valence-corrected chi connectivity index (χ2v) is 4.26. The molecule has 2 rings (SSSR count). The van der Waals surface area contributed by atoms with E-state index in [1.165, 1.54) is 0 Å². The number of anilines is 1. The van der Waals surface area contributed by atoms with E-state index in [1.807, 2.05) is 6.92 Å². The first kappa shape index (κ1) is 10.8. The molecule has 4 nitrogen and oxygen atoms in total. The van der Waals surface area contributed by atoms with Crippen molar-refractivity contribution < 1.29 is 4.74 Å². The van der Waals surface area contributed by atoms with E-state index < -0.39 is 0 Å². The molecule has 1 aliphatic rings. The number of nitrogen functional groups attached to an aromatic ring is 1. The summed E-state index contributed by atoms with van der Waals surface area (Å²) in [6.45, 7) is 1.88. The Labute approximate surface area is 97.7 Å². The Kier molecular flexibility index (Phi) is 2.93. The molecule has 0 aromatic heterocycles. The first-order valence-corrected chi connectivity index (χ1v) is 5.27. The van der Waals surface area contributed by atoms with Gasteiger partial charge in [0.1, 0.15) is 11.3 Å². The topological polar surface area (TPSA) is 59.3 Å². The third kappa shape index (κ3) is 2.13. The predicted molar refractivity (Wildman–Crippen MR) is 60.9 cm³/mol. The third-order valence-corrected chi connectivity index (χ3v) is 2.74. The quantitative estimate of drug-likeness (QED) is 0.422. The summed E-state index contributed by atoms with van der Waals surface area (Å²) in [5.41, 5.74) is 12.5. The average Bonchev–Trinajstić information content (AvgIpc) is 2.14. The number of hydrogen-bond donors (Lipinski definition) is 3. The van der Waals surface area contributed by atoms with Crippen LogP contribution in [0.5, 0.6) is 5.75 Å². The number of benzene rings is 1. The van der Waals surface area contributed by atoms with Gasteiger partial charge in [0.05, 0.1) is 5.02 Å². The Morgan fingerprint density at radius 2 is 2.13 bits per heavy atom. The van der Waals surface area contributed by atoms with E-state index in [2.05, 4.69) is 10.9 Å². The molecular weight excluding hydrogens is 237 g/mol. The Hall–Kier alpha value is -0.680. The zero-order chi connectivity index (χ0) is 11.0. The Morgan fingerprint density at radius 3 is 2.60 bits per heavy atom. The highest BCUT2D eigenvalue weighted by Gasteiger charge is 2.30. The molecule has 4 N–H and O–H groups in total. The van der Waals surface area contributed by atoms with Crippen molar-refractivity contribution in [2.24, 2.45) is 0 Å². The highest BCUT2D eigenvalue weighted by Crippen LogP contribution is 2.32. The van der Waals surface area contributed by atoms with Gasteiger partial charge in [-0.1, -0.05) is 23.2 Å². The summed E-state index contributed by atoms with van der Waals surface area (Å²) in [6.07, 6.45) is -0.272. The van der Waals surface area contributed by atoms with Gasteiger partial charge in [-0.15, -0.1) is 0 Å². The number of rotatable bonds is 2. The number of nitrogens with one attached hydrogen (secondary N) is 2. The molecular formula is C9H11Cl2N3O. The smallest absolute Gasteiger partial charge is 0.193 e. The number of aryl methyl sites for hydroxylation is 1. The van der Waals surface area contributed by atoms with E-state index in [4.69, 9.17) is 33.7 Å². The van der Waals surface area contributed by atoms with Gasteiger partial charge in [-0.05, 0) is 24.6 Å². The molecule has 1 heterocycles. The summed E-state index contributed by atoms with van der Waals surface area (Å²) in [5, 5.41) is 0.491. The van der Waals surface area contributed by atoms with Crippen molar-refractivity contribution >= 4 is 28.9 Å². The van der Waals surface area contributed by atoms with E-state index in [1.54, 1.807) is 12.1 Å². The van der Waals surface area contributed by atoms with Gasteiger partial charge in [0.25, 0.3) is 0 Å². The lowest BCUT2D eigenvalue weighted by Crippen LogP contribution is -2.67. The monoisotopic (exact) mass is 247 g/mol. The SMILES string of the molecule is Cc1cc(N)cc(Cl)c1OC1NN[C@H]1Cl. The molecule has 6 heteroatoms. The highest BCUT2D eigenvalue weighted by molar-refractivity contribution is 6.32. The van der Waals surface area contributed by atoms with Gasteiger partial charge >= 0.3 is 0 Å². The van der Waals surface area contributed by atoms with Crippen molar-refractivity contribution in [2.75, 3.05) is 5.73 Å². The van der Waals surface area contributed by atoms with Crippen LogP contribution >= 0.6 is 23.2 Å². The molecule has 2 atom stereocenters. The molecule has 82 valence electrons. The van der Waals surface area contributed by atoms with E-state index in [9.17, 15) is 0 Å². The van der Waals surface area contributed by atoms with Crippen LogP contribution in [0.15, 0.2) is 12.1 Å². The summed E-state index contributed by atoms with van der Waals surface area (Å²) in [6, 6.07) is 3.45. The van der Waals surface area contributed by atoms with Crippen molar-refractivity contribution in [2.45, 2.75) is 18.7 Å². The van der Waals surface area contributed by atoms with Crippen LogP contribution in [0.2, 0.25) is 5.02 Å². The fourth-order valence-corrected chi connectivity index (χ4v) is 1.83. The lowest BCUT2D eigenvalue weighted by atomic mass is 10.2. The van der Waals surface area contributed by atoms with E-state index in [0.717, 1.165) is 5.56 Å². The Balaban J connectivity index is 2.20. The van der Waals surface area contributed by atoms with Crippen LogP contribution in [0.4, 0.5) is 5.69 Å². The summed E-state index contributed by atoms with van der Waals surface area (Å²) in [5.74, 6) is 0.607. The molecule has 1 saturated heterocycles. The van der Waals surface area contributed by atoms with Crippen LogP contribution in [0.25, 0.3) is 0 Å². The van der Waals surface area contributed by atoms with Gasteiger partial charge in [0.2, 0.25) is 0 Å². The standard InChI is InChI=1S/C9H11Cl2N3O/c1-4-2-5(12)3-6(10)7(4)15-9-8(11)13-14-9/h2-3,8-9,13-14H,12H2,1H3/t8-,9?/m1/s1. The Morgan fingerprint density at radius 1 is 1.40 bits per heavy atom. The lowest BCUT2D eigenvalue weighted by Gasteiger charge is -2.35. The maximum atomic E-state index is 6.01. The minimum Gasteiger partial charge on any atom is -0.469 e. The molecule has 0 bridgehead atoms. The number of alkyl halides is 1. The van der Waals surface area contributed by atoms with Gasteiger partial charge in [-0.2, -0.15) is 0 Å². The number of ether oxygens (including phenoxy) is 1. The molecule has 1 unspecified atom stereocenters. The summed E-state index contributed by atoms with van der Waals surface area (Å²) in [7, 11) is 0. The van der Waals surface area contributed by atoms with Gasteiger partial charge in [0.15, 0.2) is 6.23 Å². The van der Waals surface area contributed by atoms with Crippen LogP contribution in [-0.2, 0) is 0 Å². The zero-order valence-electron chi connectivity index (χ0n) is 8.05. The molecule has 1 aliphatic heterocycles. The van der Waals surface area contributed by atoms with Crippen molar-refractivity contribution in [3.63, 3.8) is 0 Å². The number of nitrogens with two attached hydrogens (primary N) is 1.